The highest BCUT2D eigenvalue weighted by Crippen LogP contribution is 2.32. The second kappa shape index (κ2) is 7.73. The van der Waals surface area contributed by atoms with Crippen LogP contribution >= 0.6 is 0 Å². The molecule has 1 aliphatic carbocycles. The topological polar surface area (TPSA) is 45.6 Å². The number of hydrogen-bond donors (Lipinski definition) is 0. The molecule has 0 aromatic carbocycles. The van der Waals surface area contributed by atoms with E-state index in [-0.39, 0.29) is 11.7 Å². The van der Waals surface area contributed by atoms with Crippen LogP contribution in [0.3, 0.4) is 0 Å². The van der Waals surface area contributed by atoms with Crippen molar-refractivity contribution < 1.29 is 9.59 Å². The first kappa shape index (κ1) is 18.2. The van der Waals surface area contributed by atoms with Crippen molar-refractivity contribution in [1.82, 2.24) is 14.4 Å². The monoisotopic (exact) mass is 345 g/mol. The number of nitrogens with zero attached hydrogens (tertiary/aromatic N) is 3. The smallest absolute Gasteiger partial charge is 0.219 e. The summed E-state index contributed by atoms with van der Waals surface area (Å²) >= 11 is 0. The number of Topliss-reactive ketones (excluding diaryl/α,β-unsaturated/α-hetero) is 1. The number of ketones is 1. The van der Waals surface area contributed by atoms with Gasteiger partial charge < -0.3 is 9.47 Å². The Balaban J connectivity index is 1.66. The summed E-state index contributed by atoms with van der Waals surface area (Å²) in [6.07, 6.45) is 6.40. The molecule has 25 heavy (non-hydrogen) atoms. The van der Waals surface area contributed by atoms with Gasteiger partial charge in [-0.3, -0.25) is 14.5 Å². The first-order chi connectivity index (χ1) is 12.0. The molecule has 2 fully saturated rings. The molecule has 1 aliphatic heterocycles. The summed E-state index contributed by atoms with van der Waals surface area (Å²) in [6.45, 7) is 9.32. The minimum absolute atomic E-state index is 0.127. The quantitative estimate of drug-likeness (QED) is 0.788. The average Bonchev–Trinajstić information content (AvgIpc) is 2.90. The first-order valence-corrected chi connectivity index (χ1v) is 9.67. The number of piperazine rings is 1. The van der Waals surface area contributed by atoms with E-state index >= 15 is 0 Å². The fourth-order valence-electron chi connectivity index (χ4n) is 4.47. The van der Waals surface area contributed by atoms with E-state index in [2.05, 4.69) is 29.4 Å². The molecular weight excluding hydrogens is 314 g/mol. The Morgan fingerprint density at radius 1 is 1.04 bits per heavy atom. The van der Waals surface area contributed by atoms with Gasteiger partial charge in [-0.1, -0.05) is 19.3 Å². The summed E-state index contributed by atoms with van der Waals surface area (Å²) < 4.78 is 2.40. The lowest BCUT2D eigenvalue weighted by atomic mass is 9.95. The predicted octanol–water partition coefficient (Wildman–Crippen LogP) is 2.96. The maximum atomic E-state index is 12.9. The van der Waals surface area contributed by atoms with Gasteiger partial charge in [-0.2, -0.15) is 0 Å². The largest absolute Gasteiger partial charge is 0.345 e. The van der Waals surface area contributed by atoms with Gasteiger partial charge in [0.15, 0.2) is 5.78 Å². The minimum Gasteiger partial charge on any atom is -0.345 e. The average molecular weight is 345 g/mol. The van der Waals surface area contributed by atoms with E-state index in [1.54, 1.807) is 6.92 Å². The lowest BCUT2D eigenvalue weighted by Crippen LogP contribution is -2.49. The maximum absolute atomic E-state index is 12.9. The maximum Gasteiger partial charge on any atom is 0.219 e. The molecule has 3 rings (SSSR count). The van der Waals surface area contributed by atoms with Crippen molar-refractivity contribution in [2.45, 2.75) is 58.9 Å². The van der Waals surface area contributed by atoms with Gasteiger partial charge in [-0.25, -0.2) is 0 Å². The third-order valence-corrected chi connectivity index (χ3v) is 5.91. The Morgan fingerprint density at radius 3 is 2.28 bits per heavy atom. The van der Waals surface area contributed by atoms with Crippen LogP contribution in [-0.4, -0.2) is 58.8 Å². The van der Waals surface area contributed by atoms with Crippen LogP contribution in [0.25, 0.3) is 0 Å². The number of aryl methyl sites for hydroxylation is 1. The summed E-state index contributed by atoms with van der Waals surface area (Å²) in [6, 6.07) is 2.65. The highest BCUT2D eigenvalue weighted by atomic mass is 16.2. The van der Waals surface area contributed by atoms with E-state index < -0.39 is 0 Å². The summed E-state index contributed by atoms with van der Waals surface area (Å²) in [5.74, 6) is 0.341. The van der Waals surface area contributed by atoms with Crippen molar-refractivity contribution in [1.29, 1.82) is 0 Å². The van der Waals surface area contributed by atoms with Gasteiger partial charge in [0.1, 0.15) is 0 Å². The van der Waals surface area contributed by atoms with Gasteiger partial charge >= 0.3 is 0 Å². The third-order valence-electron chi connectivity index (χ3n) is 5.91. The van der Waals surface area contributed by atoms with Gasteiger partial charge in [0.05, 0.1) is 6.54 Å². The zero-order chi connectivity index (χ0) is 18.0. The fourth-order valence-corrected chi connectivity index (χ4v) is 4.47. The molecule has 0 atom stereocenters. The van der Waals surface area contributed by atoms with Crippen LogP contribution in [0.5, 0.6) is 0 Å². The van der Waals surface area contributed by atoms with Gasteiger partial charge in [0.2, 0.25) is 5.91 Å². The molecule has 138 valence electrons. The second-order valence-electron chi connectivity index (χ2n) is 7.65. The normalized spacial score (nSPS) is 20.0. The van der Waals surface area contributed by atoms with Gasteiger partial charge in [-0.15, -0.1) is 0 Å². The first-order valence-electron chi connectivity index (χ1n) is 9.67. The van der Waals surface area contributed by atoms with Gasteiger partial charge in [0.25, 0.3) is 0 Å². The van der Waals surface area contributed by atoms with Crippen LogP contribution in [0.4, 0.5) is 0 Å². The molecule has 1 aromatic rings. The van der Waals surface area contributed by atoms with Crippen LogP contribution in [-0.2, 0) is 4.79 Å². The summed E-state index contributed by atoms with van der Waals surface area (Å²) in [5, 5.41) is 0. The molecule has 1 aromatic heterocycles. The van der Waals surface area contributed by atoms with E-state index in [0.29, 0.717) is 12.6 Å². The zero-order valence-corrected chi connectivity index (χ0v) is 15.9. The van der Waals surface area contributed by atoms with Crippen molar-refractivity contribution in [3.05, 3.63) is 23.0 Å². The molecule has 0 bridgehead atoms. The van der Waals surface area contributed by atoms with E-state index in [1.807, 2.05) is 4.90 Å². The van der Waals surface area contributed by atoms with Crippen molar-refractivity contribution in [2.75, 3.05) is 32.7 Å². The molecule has 5 heteroatoms. The number of rotatable bonds is 4. The highest BCUT2D eigenvalue weighted by molar-refractivity contribution is 5.99. The Morgan fingerprint density at radius 2 is 1.68 bits per heavy atom. The van der Waals surface area contributed by atoms with Crippen molar-refractivity contribution in [2.24, 2.45) is 0 Å². The SMILES string of the molecule is CC(=O)N1CCN(CC(=O)c2cc(C)n(C3CCCCC3)c2C)CC1. The molecule has 1 saturated heterocycles. The molecule has 1 amide bonds. The molecular formula is C20H31N3O2. The molecule has 0 N–H and O–H groups in total. The highest BCUT2D eigenvalue weighted by Gasteiger charge is 2.25. The Labute approximate surface area is 151 Å². The van der Waals surface area contributed by atoms with Crippen LogP contribution < -0.4 is 0 Å². The second-order valence-corrected chi connectivity index (χ2v) is 7.65. The number of hydrogen-bond acceptors (Lipinski definition) is 3. The lowest BCUT2D eigenvalue weighted by Gasteiger charge is -2.33. The molecule has 2 aliphatic rings. The van der Waals surface area contributed by atoms with Crippen molar-refractivity contribution in [3.63, 3.8) is 0 Å². The molecule has 1 saturated carbocycles. The predicted molar refractivity (Wildman–Crippen MR) is 99.1 cm³/mol. The zero-order valence-electron chi connectivity index (χ0n) is 15.9. The van der Waals surface area contributed by atoms with Crippen LogP contribution in [0.2, 0.25) is 0 Å². The van der Waals surface area contributed by atoms with E-state index in [1.165, 1.54) is 37.8 Å². The summed E-state index contributed by atoms with van der Waals surface area (Å²) in [4.78, 5) is 28.3. The standard InChI is InChI=1S/C20H31N3O2/c1-15-13-19(16(2)23(15)18-7-5-4-6-8-18)20(25)14-21-9-11-22(12-10-21)17(3)24/h13,18H,4-12,14H2,1-3H3. The van der Waals surface area contributed by atoms with Crippen LogP contribution in [0, 0.1) is 13.8 Å². The van der Waals surface area contributed by atoms with Gasteiger partial charge in [-0.05, 0) is 32.8 Å². The molecule has 2 heterocycles. The molecule has 5 nitrogen and oxygen atoms in total. The van der Waals surface area contributed by atoms with Crippen LogP contribution in [0.15, 0.2) is 6.07 Å². The molecule has 0 radical (unpaired) electrons. The van der Waals surface area contributed by atoms with E-state index in [4.69, 9.17) is 0 Å². The number of amides is 1. The Kier molecular flexibility index (Phi) is 5.62. The fraction of sp³-hybridized carbons (Fsp3) is 0.700. The molecule has 0 spiro atoms. The van der Waals surface area contributed by atoms with Crippen LogP contribution in [0.1, 0.15) is 66.8 Å². The molecule has 0 unspecified atom stereocenters. The van der Waals surface area contributed by atoms with Gasteiger partial charge in [0, 0.05) is 56.1 Å². The Bertz CT molecular complexity index is 636. The Hall–Kier alpha value is -1.62. The van der Waals surface area contributed by atoms with Crippen molar-refractivity contribution in [3.8, 4) is 0 Å². The summed E-state index contributed by atoms with van der Waals surface area (Å²) in [7, 11) is 0. The number of carbonyl (C=O) groups is 2. The van der Waals surface area contributed by atoms with Crippen molar-refractivity contribution >= 4 is 11.7 Å². The summed E-state index contributed by atoms with van der Waals surface area (Å²) in [5.41, 5.74) is 3.24. The number of aromatic nitrogens is 1. The third kappa shape index (κ3) is 3.97. The van der Waals surface area contributed by atoms with E-state index in [9.17, 15) is 9.59 Å². The number of carbonyl (C=O) groups excluding carboxylic acids is 2. The lowest BCUT2D eigenvalue weighted by molar-refractivity contribution is -0.130. The minimum atomic E-state index is 0.127. The van der Waals surface area contributed by atoms with E-state index in [0.717, 1.165) is 37.4 Å².